The molecule has 0 aliphatic rings. The minimum absolute atomic E-state index is 0.278. The smallest absolute Gasteiger partial charge is 0.258 e. The normalized spacial score (nSPS) is 10.1. The first-order chi connectivity index (χ1) is 9.47. The van der Waals surface area contributed by atoms with E-state index < -0.39 is 29.0 Å². The Bertz CT molecular complexity index is 669. The number of amides is 2. The van der Waals surface area contributed by atoms with Crippen LogP contribution in [0.1, 0.15) is 20.7 Å². The van der Waals surface area contributed by atoms with Gasteiger partial charge in [0.05, 0.1) is 5.56 Å². The van der Waals surface area contributed by atoms with E-state index in [0.29, 0.717) is 5.69 Å². The molecule has 0 bridgehead atoms. The highest BCUT2D eigenvalue weighted by Gasteiger charge is 2.13. The number of carbonyl (C=O) groups excluding carboxylic acids is 2. The van der Waals surface area contributed by atoms with Crippen molar-refractivity contribution < 1.29 is 18.4 Å². The Balaban J connectivity index is 2.19. The lowest BCUT2D eigenvalue weighted by Gasteiger charge is -2.06. The van der Waals surface area contributed by atoms with Crippen LogP contribution < -0.4 is 11.1 Å². The number of benzene rings is 2. The SMILES string of the molecule is NC(=O)c1ccc(NC(=O)c2cc(F)ccc2F)cc1. The van der Waals surface area contributed by atoms with E-state index in [2.05, 4.69) is 5.32 Å². The van der Waals surface area contributed by atoms with Gasteiger partial charge in [-0.3, -0.25) is 9.59 Å². The summed E-state index contributed by atoms with van der Waals surface area (Å²) < 4.78 is 26.4. The average Bonchev–Trinajstić information content (AvgIpc) is 2.42. The van der Waals surface area contributed by atoms with Gasteiger partial charge in [-0.1, -0.05) is 0 Å². The van der Waals surface area contributed by atoms with E-state index in [1.54, 1.807) is 0 Å². The molecule has 0 aliphatic carbocycles. The summed E-state index contributed by atoms with van der Waals surface area (Å²) in [4.78, 5) is 22.7. The maximum atomic E-state index is 13.4. The molecular formula is C14H10F2N2O2. The van der Waals surface area contributed by atoms with Gasteiger partial charge >= 0.3 is 0 Å². The Morgan fingerprint density at radius 1 is 1.00 bits per heavy atom. The first kappa shape index (κ1) is 13.7. The molecule has 0 fully saturated rings. The van der Waals surface area contributed by atoms with Gasteiger partial charge in [-0.15, -0.1) is 0 Å². The summed E-state index contributed by atoms with van der Waals surface area (Å²) in [6.07, 6.45) is 0. The second-order valence-corrected chi connectivity index (χ2v) is 4.02. The number of primary amides is 1. The van der Waals surface area contributed by atoms with E-state index in [1.165, 1.54) is 24.3 Å². The molecule has 2 amide bonds. The van der Waals surface area contributed by atoms with Gasteiger partial charge in [-0.25, -0.2) is 8.78 Å². The molecule has 0 radical (unpaired) electrons. The van der Waals surface area contributed by atoms with Gasteiger partial charge < -0.3 is 11.1 Å². The molecule has 0 atom stereocenters. The second kappa shape index (κ2) is 5.48. The molecule has 0 unspecified atom stereocenters. The number of nitrogens with one attached hydrogen (secondary N) is 1. The van der Waals surface area contributed by atoms with Gasteiger partial charge in [0.25, 0.3) is 5.91 Å². The van der Waals surface area contributed by atoms with E-state index in [9.17, 15) is 18.4 Å². The maximum Gasteiger partial charge on any atom is 0.258 e. The second-order valence-electron chi connectivity index (χ2n) is 4.02. The van der Waals surface area contributed by atoms with Gasteiger partial charge in [0, 0.05) is 11.3 Å². The van der Waals surface area contributed by atoms with E-state index in [1.807, 2.05) is 0 Å². The fraction of sp³-hybridized carbons (Fsp3) is 0. The molecular weight excluding hydrogens is 266 g/mol. The predicted molar refractivity (Wildman–Crippen MR) is 69.3 cm³/mol. The highest BCUT2D eigenvalue weighted by molar-refractivity contribution is 6.04. The van der Waals surface area contributed by atoms with Crippen LogP contribution in [0.4, 0.5) is 14.5 Å². The number of nitrogens with two attached hydrogens (primary N) is 1. The number of carbonyl (C=O) groups is 2. The largest absolute Gasteiger partial charge is 0.366 e. The Morgan fingerprint density at radius 3 is 2.25 bits per heavy atom. The molecule has 6 heteroatoms. The Kier molecular flexibility index (Phi) is 3.74. The van der Waals surface area contributed by atoms with Crippen molar-refractivity contribution >= 4 is 17.5 Å². The molecule has 20 heavy (non-hydrogen) atoms. The van der Waals surface area contributed by atoms with Crippen molar-refractivity contribution in [3.05, 3.63) is 65.2 Å². The van der Waals surface area contributed by atoms with Crippen LogP contribution in [0.25, 0.3) is 0 Å². The van der Waals surface area contributed by atoms with Gasteiger partial charge in [0.1, 0.15) is 11.6 Å². The van der Waals surface area contributed by atoms with Crippen molar-refractivity contribution in [1.29, 1.82) is 0 Å². The fourth-order valence-electron chi connectivity index (χ4n) is 1.59. The zero-order valence-electron chi connectivity index (χ0n) is 10.2. The number of hydrogen-bond acceptors (Lipinski definition) is 2. The van der Waals surface area contributed by atoms with Crippen LogP contribution in [-0.4, -0.2) is 11.8 Å². The van der Waals surface area contributed by atoms with Crippen molar-refractivity contribution in [3.8, 4) is 0 Å². The summed E-state index contributed by atoms with van der Waals surface area (Å²) >= 11 is 0. The summed E-state index contributed by atoms with van der Waals surface area (Å²) in [5.74, 6) is -2.91. The highest BCUT2D eigenvalue weighted by atomic mass is 19.1. The first-order valence-corrected chi connectivity index (χ1v) is 5.63. The van der Waals surface area contributed by atoms with Crippen LogP contribution in [0.3, 0.4) is 0 Å². The number of halogens is 2. The van der Waals surface area contributed by atoms with E-state index in [4.69, 9.17) is 5.73 Å². The third-order valence-electron chi connectivity index (χ3n) is 2.60. The molecule has 0 aromatic heterocycles. The van der Waals surface area contributed by atoms with Crippen LogP contribution in [0, 0.1) is 11.6 Å². The minimum atomic E-state index is -0.822. The van der Waals surface area contributed by atoms with E-state index in [-0.39, 0.29) is 5.56 Å². The topological polar surface area (TPSA) is 72.2 Å². The number of rotatable bonds is 3. The third-order valence-corrected chi connectivity index (χ3v) is 2.60. The molecule has 3 N–H and O–H groups in total. The van der Waals surface area contributed by atoms with Crippen LogP contribution in [0.2, 0.25) is 0 Å². The molecule has 2 aromatic rings. The summed E-state index contributed by atoms with van der Waals surface area (Å²) in [5.41, 5.74) is 5.29. The molecule has 2 rings (SSSR count). The molecule has 0 spiro atoms. The number of hydrogen-bond donors (Lipinski definition) is 2. The van der Waals surface area contributed by atoms with Gasteiger partial charge in [0.15, 0.2) is 0 Å². The van der Waals surface area contributed by atoms with E-state index >= 15 is 0 Å². The summed E-state index contributed by atoms with van der Waals surface area (Å²) in [5, 5.41) is 2.39. The van der Waals surface area contributed by atoms with Gasteiger partial charge in [-0.05, 0) is 42.5 Å². The third kappa shape index (κ3) is 2.97. The van der Waals surface area contributed by atoms with E-state index in [0.717, 1.165) is 18.2 Å². The van der Waals surface area contributed by atoms with Crippen LogP contribution in [0.15, 0.2) is 42.5 Å². The Labute approximate surface area is 113 Å². The van der Waals surface area contributed by atoms with Crippen molar-refractivity contribution in [3.63, 3.8) is 0 Å². The fourth-order valence-corrected chi connectivity index (χ4v) is 1.59. The first-order valence-electron chi connectivity index (χ1n) is 5.63. The Morgan fingerprint density at radius 2 is 1.65 bits per heavy atom. The Hall–Kier alpha value is -2.76. The lowest BCUT2D eigenvalue weighted by molar-refractivity contribution is 0.0997. The van der Waals surface area contributed by atoms with Crippen molar-refractivity contribution in [2.75, 3.05) is 5.32 Å². The molecule has 2 aromatic carbocycles. The van der Waals surface area contributed by atoms with Crippen molar-refractivity contribution in [1.82, 2.24) is 0 Å². The monoisotopic (exact) mass is 276 g/mol. The lowest BCUT2D eigenvalue weighted by Crippen LogP contribution is -2.15. The molecule has 102 valence electrons. The van der Waals surface area contributed by atoms with Crippen LogP contribution in [-0.2, 0) is 0 Å². The van der Waals surface area contributed by atoms with Gasteiger partial charge in [0.2, 0.25) is 5.91 Å². The average molecular weight is 276 g/mol. The molecule has 0 saturated heterocycles. The maximum absolute atomic E-state index is 13.4. The quantitative estimate of drug-likeness (QED) is 0.903. The molecule has 0 saturated carbocycles. The standard InChI is InChI=1S/C14H10F2N2O2/c15-9-3-6-12(16)11(7-9)14(20)18-10-4-1-8(2-5-10)13(17)19/h1-7H,(H2,17,19)(H,18,20). The van der Waals surface area contributed by atoms with Crippen LogP contribution >= 0.6 is 0 Å². The molecule has 0 heterocycles. The van der Waals surface area contributed by atoms with Crippen molar-refractivity contribution in [2.24, 2.45) is 5.73 Å². The summed E-state index contributed by atoms with van der Waals surface area (Å²) in [7, 11) is 0. The minimum Gasteiger partial charge on any atom is -0.366 e. The highest BCUT2D eigenvalue weighted by Crippen LogP contribution is 2.14. The van der Waals surface area contributed by atoms with Crippen molar-refractivity contribution in [2.45, 2.75) is 0 Å². The summed E-state index contributed by atoms with van der Waals surface area (Å²) in [6, 6.07) is 8.32. The van der Waals surface area contributed by atoms with Gasteiger partial charge in [-0.2, -0.15) is 0 Å². The molecule has 4 nitrogen and oxygen atoms in total. The lowest BCUT2D eigenvalue weighted by atomic mass is 10.1. The zero-order valence-corrected chi connectivity index (χ0v) is 10.2. The number of anilines is 1. The molecule has 0 aliphatic heterocycles. The summed E-state index contributed by atoms with van der Waals surface area (Å²) in [6.45, 7) is 0. The predicted octanol–water partition coefficient (Wildman–Crippen LogP) is 2.32. The zero-order chi connectivity index (χ0) is 14.7. The van der Waals surface area contributed by atoms with Crippen LogP contribution in [0.5, 0.6) is 0 Å².